The van der Waals surface area contributed by atoms with Crippen LogP contribution in [-0.4, -0.2) is 0 Å². The van der Waals surface area contributed by atoms with Gasteiger partial charge in [-0.05, 0) is 18.3 Å². The fraction of sp³-hybridized carbons (Fsp3) is 1.00. The van der Waals surface area contributed by atoms with Crippen LogP contribution in [0.3, 0.4) is 0 Å². The van der Waals surface area contributed by atoms with E-state index in [4.69, 9.17) is 0 Å². The highest BCUT2D eigenvalue weighted by Gasteiger charge is 2.12. The molecule has 0 aliphatic heterocycles. The van der Waals surface area contributed by atoms with E-state index in [2.05, 4.69) is 27.7 Å². The Morgan fingerprint density at radius 2 is 1.00 bits per heavy atom. The Morgan fingerprint density at radius 3 is 1.62 bits per heavy atom. The summed E-state index contributed by atoms with van der Waals surface area (Å²) in [5.74, 6) is 1.98. The van der Waals surface area contributed by atoms with Crippen molar-refractivity contribution in [1.82, 2.24) is 0 Å². The molecule has 0 heterocycles. The summed E-state index contributed by atoms with van der Waals surface area (Å²) in [6.07, 6.45) is 21.7. The van der Waals surface area contributed by atoms with Crippen LogP contribution in [0, 0.1) is 11.8 Å². The average Bonchev–Trinajstić information content (AvgIpc) is 2.48. The topological polar surface area (TPSA) is 0 Å². The van der Waals surface area contributed by atoms with E-state index in [1.807, 2.05) is 0 Å². The molecule has 0 aromatic carbocycles. The van der Waals surface area contributed by atoms with Gasteiger partial charge in [-0.2, -0.15) is 0 Å². The Balaban J connectivity index is 3.81. The van der Waals surface area contributed by atoms with Gasteiger partial charge in [0, 0.05) is 0 Å². The predicted octanol–water partition coefficient (Wildman–Crippen LogP) is 8.15. The molecule has 0 fully saturated rings. The molecule has 2 unspecified atom stereocenters. The molecule has 0 nitrogen and oxygen atoms in total. The van der Waals surface area contributed by atoms with Gasteiger partial charge in [0.1, 0.15) is 0 Å². The zero-order valence-corrected chi connectivity index (χ0v) is 15.8. The fourth-order valence-corrected chi connectivity index (χ4v) is 3.52. The van der Waals surface area contributed by atoms with Gasteiger partial charge in [-0.15, -0.1) is 0 Å². The van der Waals surface area contributed by atoms with Gasteiger partial charge in [-0.3, -0.25) is 0 Å². The predicted molar refractivity (Wildman–Crippen MR) is 98.9 cm³/mol. The van der Waals surface area contributed by atoms with E-state index in [-0.39, 0.29) is 0 Å². The summed E-state index contributed by atoms with van der Waals surface area (Å²) >= 11 is 0. The summed E-state index contributed by atoms with van der Waals surface area (Å²) < 4.78 is 0. The van der Waals surface area contributed by atoms with Crippen molar-refractivity contribution in [2.75, 3.05) is 0 Å². The summed E-state index contributed by atoms with van der Waals surface area (Å²) in [5, 5.41) is 0. The lowest BCUT2D eigenvalue weighted by molar-refractivity contribution is 0.316. The van der Waals surface area contributed by atoms with E-state index in [1.165, 1.54) is 96.3 Å². The first-order chi connectivity index (χ1) is 10.2. The van der Waals surface area contributed by atoms with Crippen LogP contribution in [0.5, 0.6) is 0 Å². The van der Waals surface area contributed by atoms with Crippen molar-refractivity contribution in [3.63, 3.8) is 0 Å². The molecule has 0 N–H and O–H groups in total. The second kappa shape index (κ2) is 16.4. The van der Waals surface area contributed by atoms with Crippen molar-refractivity contribution in [1.29, 1.82) is 0 Å². The Hall–Kier alpha value is 0. The Labute approximate surface area is 136 Å². The lowest BCUT2D eigenvalue weighted by Gasteiger charge is -2.21. The smallest absolute Gasteiger partial charge is 0.0412 e. The van der Waals surface area contributed by atoms with Gasteiger partial charge in [0.15, 0.2) is 0 Å². The van der Waals surface area contributed by atoms with E-state index in [9.17, 15) is 0 Å². The molecule has 0 aromatic heterocycles. The maximum atomic E-state index is 2.50. The highest BCUT2D eigenvalue weighted by Crippen LogP contribution is 2.27. The van der Waals surface area contributed by atoms with Crippen molar-refractivity contribution in [3.05, 3.63) is 0 Å². The number of unbranched alkanes of at least 4 members (excludes halogenated alkanes) is 8. The van der Waals surface area contributed by atoms with Gasteiger partial charge in [0.2, 0.25) is 0 Å². The maximum absolute atomic E-state index is 2.50. The van der Waals surface area contributed by atoms with Crippen LogP contribution in [0.15, 0.2) is 0 Å². The molecule has 0 spiro atoms. The van der Waals surface area contributed by atoms with Gasteiger partial charge < -0.3 is 0 Å². The first-order valence-electron chi connectivity index (χ1n) is 10.2. The van der Waals surface area contributed by atoms with Gasteiger partial charge in [0.05, 0.1) is 0 Å². The molecular weight excluding hydrogens is 252 g/mol. The molecule has 2 atom stereocenters. The van der Waals surface area contributed by atoms with Crippen LogP contribution in [0.4, 0.5) is 0 Å². The molecule has 0 bridgehead atoms. The first-order valence-corrected chi connectivity index (χ1v) is 10.2. The third-order valence-electron chi connectivity index (χ3n) is 4.97. The minimum atomic E-state index is 0.958. The second-order valence-corrected chi connectivity index (χ2v) is 7.40. The van der Waals surface area contributed by atoms with Gasteiger partial charge in [-0.1, -0.05) is 118 Å². The number of rotatable bonds is 16. The largest absolute Gasteiger partial charge is 0.0654 e. The summed E-state index contributed by atoms with van der Waals surface area (Å²) in [5.41, 5.74) is 0. The number of hydrogen-bond donors (Lipinski definition) is 0. The van der Waals surface area contributed by atoms with E-state index in [1.54, 1.807) is 0 Å². The van der Waals surface area contributed by atoms with E-state index >= 15 is 0 Å². The van der Waals surface area contributed by atoms with Crippen LogP contribution in [0.25, 0.3) is 0 Å². The third-order valence-corrected chi connectivity index (χ3v) is 4.97. The van der Waals surface area contributed by atoms with Crippen molar-refractivity contribution in [2.24, 2.45) is 11.8 Å². The van der Waals surface area contributed by atoms with Crippen LogP contribution >= 0.6 is 0 Å². The van der Waals surface area contributed by atoms with Crippen LogP contribution < -0.4 is 0 Å². The van der Waals surface area contributed by atoms with Gasteiger partial charge in [-0.25, -0.2) is 0 Å². The molecule has 0 aliphatic rings. The molecule has 0 saturated carbocycles. The molecule has 0 radical (unpaired) electrons. The fourth-order valence-electron chi connectivity index (χ4n) is 3.52. The summed E-state index contributed by atoms with van der Waals surface area (Å²) in [6.45, 7) is 9.46. The zero-order valence-electron chi connectivity index (χ0n) is 15.8. The third kappa shape index (κ3) is 14.7. The Bertz CT molecular complexity index is 184. The molecular formula is C21H44. The van der Waals surface area contributed by atoms with E-state index in [0.29, 0.717) is 0 Å². The number of hydrogen-bond acceptors (Lipinski definition) is 0. The minimum Gasteiger partial charge on any atom is -0.0654 e. The summed E-state index contributed by atoms with van der Waals surface area (Å²) in [6, 6.07) is 0. The normalized spacial score (nSPS) is 14.3. The van der Waals surface area contributed by atoms with Crippen molar-refractivity contribution >= 4 is 0 Å². The highest BCUT2D eigenvalue weighted by atomic mass is 14.2. The van der Waals surface area contributed by atoms with Gasteiger partial charge >= 0.3 is 0 Å². The molecule has 0 saturated heterocycles. The summed E-state index contributed by atoms with van der Waals surface area (Å²) in [4.78, 5) is 0. The molecule has 0 heteroatoms. The lowest BCUT2D eigenvalue weighted by atomic mass is 9.85. The molecule has 0 aliphatic carbocycles. The SMILES string of the molecule is CCCCCCCC(CCCC)CC(C)CCCCCC. The van der Waals surface area contributed by atoms with Crippen LogP contribution in [0.2, 0.25) is 0 Å². The van der Waals surface area contributed by atoms with Crippen molar-refractivity contribution in [3.8, 4) is 0 Å². The second-order valence-electron chi connectivity index (χ2n) is 7.40. The molecule has 0 amide bonds. The minimum absolute atomic E-state index is 0.958. The van der Waals surface area contributed by atoms with E-state index < -0.39 is 0 Å². The standard InChI is InChI=1S/C21H44/c1-5-8-11-13-15-18-21(17-10-7-3)19-20(4)16-14-12-9-6-2/h20-21H,5-19H2,1-4H3. The molecule has 0 rings (SSSR count). The molecule has 21 heavy (non-hydrogen) atoms. The van der Waals surface area contributed by atoms with E-state index in [0.717, 1.165) is 11.8 Å². The zero-order chi connectivity index (χ0) is 15.8. The molecule has 0 aromatic rings. The quantitative estimate of drug-likeness (QED) is 0.252. The Kier molecular flexibility index (Phi) is 16.4. The van der Waals surface area contributed by atoms with Crippen LogP contribution in [-0.2, 0) is 0 Å². The highest BCUT2D eigenvalue weighted by molar-refractivity contribution is 4.65. The monoisotopic (exact) mass is 296 g/mol. The molecule has 128 valence electrons. The van der Waals surface area contributed by atoms with Crippen LogP contribution in [0.1, 0.15) is 124 Å². The first kappa shape index (κ1) is 21.0. The average molecular weight is 297 g/mol. The van der Waals surface area contributed by atoms with Crippen molar-refractivity contribution in [2.45, 2.75) is 124 Å². The van der Waals surface area contributed by atoms with Gasteiger partial charge in [0.25, 0.3) is 0 Å². The Morgan fingerprint density at radius 1 is 0.524 bits per heavy atom. The van der Waals surface area contributed by atoms with Crippen molar-refractivity contribution < 1.29 is 0 Å². The summed E-state index contributed by atoms with van der Waals surface area (Å²) in [7, 11) is 0. The maximum Gasteiger partial charge on any atom is -0.0412 e. The lowest BCUT2D eigenvalue weighted by Crippen LogP contribution is -2.07.